The normalized spacial score (nSPS) is 25.0. The summed E-state index contributed by atoms with van der Waals surface area (Å²) in [7, 11) is 2.13. The van der Waals surface area contributed by atoms with E-state index in [-0.39, 0.29) is 12.1 Å². The molecule has 3 atom stereocenters. The topological polar surface area (TPSA) is 69.5 Å². The van der Waals surface area contributed by atoms with Gasteiger partial charge in [0, 0.05) is 48.9 Å². The van der Waals surface area contributed by atoms with Crippen LogP contribution in [-0.2, 0) is 9.47 Å². The van der Waals surface area contributed by atoms with E-state index in [2.05, 4.69) is 21.9 Å². The maximum Gasteiger partial charge on any atom is 0.340 e. The molecule has 2 aliphatic heterocycles. The number of rotatable bonds is 3. The molecule has 7 heteroatoms. The molecule has 2 fully saturated rings. The lowest BCUT2D eigenvalue weighted by Crippen LogP contribution is -2.56. The summed E-state index contributed by atoms with van der Waals surface area (Å²) in [6.45, 7) is 1.40. The molecule has 7 nitrogen and oxygen atoms in total. The monoisotopic (exact) mass is 378 g/mol. The van der Waals surface area contributed by atoms with Crippen LogP contribution in [-0.4, -0.2) is 63.9 Å². The minimum absolute atomic E-state index is 0.0822. The fourth-order valence-corrected chi connectivity index (χ4v) is 4.30. The Morgan fingerprint density at radius 1 is 1.18 bits per heavy atom. The lowest BCUT2D eigenvalue weighted by atomic mass is 9.92. The molecule has 5 rings (SSSR count). The number of para-hydroxylation sites is 1. The van der Waals surface area contributed by atoms with Gasteiger partial charge in [-0.05, 0) is 13.1 Å². The third-order valence-corrected chi connectivity index (χ3v) is 5.84. The number of fused-ring (bicyclic) bond motifs is 3. The summed E-state index contributed by atoms with van der Waals surface area (Å²) in [6, 6.07) is 8.41. The molecular formula is C21H22N4O3. The molecule has 3 aromatic rings. The van der Waals surface area contributed by atoms with Crippen molar-refractivity contribution in [1.82, 2.24) is 19.4 Å². The van der Waals surface area contributed by atoms with Crippen molar-refractivity contribution in [2.45, 2.75) is 31.0 Å². The van der Waals surface area contributed by atoms with Crippen molar-refractivity contribution in [1.29, 1.82) is 0 Å². The van der Waals surface area contributed by atoms with E-state index in [1.165, 1.54) is 0 Å². The quantitative estimate of drug-likeness (QED) is 0.652. The summed E-state index contributed by atoms with van der Waals surface area (Å²) in [4.78, 5) is 23.9. The summed E-state index contributed by atoms with van der Waals surface area (Å²) in [5, 5.41) is 0.856. The molecule has 2 saturated heterocycles. The van der Waals surface area contributed by atoms with Crippen LogP contribution in [0.4, 0.5) is 0 Å². The number of carbonyl (C=O) groups is 1. The first kappa shape index (κ1) is 17.3. The molecule has 2 aromatic heterocycles. The van der Waals surface area contributed by atoms with E-state index in [1.807, 2.05) is 28.8 Å². The predicted octanol–water partition coefficient (Wildman–Crippen LogP) is 2.44. The first-order valence-corrected chi connectivity index (χ1v) is 9.58. The average Bonchev–Trinajstić information content (AvgIpc) is 3.09. The molecule has 2 bridgehead atoms. The second-order valence-corrected chi connectivity index (χ2v) is 7.50. The molecule has 0 radical (unpaired) electrons. The Bertz CT molecular complexity index is 989. The van der Waals surface area contributed by atoms with Crippen molar-refractivity contribution in [2.75, 3.05) is 20.3 Å². The second-order valence-electron chi connectivity index (χ2n) is 7.50. The van der Waals surface area contributed by atoms with Gasteiger partial charge in [-0.25, -0.2) is 9.78 Å². The van der Waals surface area contributed by atoms with Crippen LogP contribution in [0.25, 0.3) is 16.7 Å². The van der Waals surface area contributed by atoms with Gasteiger partial charge < -0.3 is 9.47 Å². The molecule has 0 N–H and O–H groups in total. The largest absolute Gasteiger partial charge is 0.459 e. The standard InChI is InChI=1S/C21H22N4O3/c1-24-14-8-16(9-15(24)13-27-12-14)28-21(26)18-11-25(20-10-22-6-7-23-20)19-5-3-2-4-17(18)19/h2-7,10-11,14-16H,8-9,12-13H2,1H3/t14-,15+,16?. The Balaban J connectivity index is 1.44. The molecule has 1 unspecified atom stereocenters. The second kappa shape index (κ2) is 7.00. The highest BCUT2D eigenvalue weighted by Crippen LogP contribution is 2.30. The van der Waals surface area contributed by atoms with Crippen molar-refractivity contribution >= 4 is 16.9 Å². The number of nitrogens with zero attached hydrogens (tertiary/aromatic N) is 4. The number of carbonyl (C=O) groups excluding carboxylic acids is 1. The summed E-state index contributed by atoms with van der Waals surface area (Å²) < 4.78 is 13.5. The Morgan fingerprint density at radius 2 is 1.96 bits per heavy atom. The molecule has 144 valence electrons. The van der Waals surface area contributed by atoms with Crippen LogP contribution < -0.4 is 0 Å². The molecule has 0 saturated carbocycles. The summed E-state index contributed by atoms with van der Waals surface area (Å²) in [5.41, 5.74) is 1.46. The number of benzene rings is 1. The molecule has 2 aliphatic rings. The highest BCUT2D eigenvalue weighted by molar-refractivity contribution is 6.04. The van der Waals surface area contributed by atoms with Gasteiger partial charge in [0.2, 0.25) is 0 Å². The van der Waals surface area contributed by atoms with Crippen molar-refractivity contribution in [3.63, 3.8) is 0 Å². The maximum atomic E-state index is 13.1. The summed E-state index contributed by atoms with van der Waals surface area (Å²) >= 11 is 0. The summed E-state index contributed by atoms with van der Waals surface area (Å²) in [5.74, 6) is 0.385. The third-order valence-electron chi connectivity index (χ3n) is 5.84. The molecule has 4 heterocycles. The molecule has 28 heavy (non-hydrogen) atoms. The number of likely N-dealkylation sites (N-methyl/N-ethyl adjacent to an activating group) is 1. The van der Waals surface area contributed by atoms with Gasteiger partial charge in [0.15, 0.2) is 5.82 Å². The molecule has 0 amide bonds. The van der Waals surface area contributed by atoms with Crippen LogP contribution >= 0.6 is 0 Å². The van der Waals surface area contributed by atoms with Crippen LogP contribution in [0.5, 0.6) is 0 Å². The number of hydrogen-bond acceptors (Lipinski definition) is 6. The molecule has 0 spiro atoms. The first-order chi connectivity index (χ1) is 13.7. The van der Waals surface area contributed by atoms with Gasteiger partial charge in [-0.1, -0.05) is 18.2 Å². The zero-order valence-corrected chi connectivity index (χ0v) is 15.7. The van der Waals surface area contributed by atoms with E-state index in [4.69, 9.17) is 9.47 Å². The number of aromatic nitrogens is 3. The van der Waals surface area contributed by atoms with Crippen LogP contribution in [0.3, 0.4) is 0 Å². The van der Waals surface area contributed by atoms with E-state index >= 15 is 0 Å². The van der Waals surface area contributed by atoms with Crippen molar-refractivity contribution in [3.8, 4) is 5.82 Å². The molecular weight excluding hydrogens is 356 g/mol. The van der Waals surface area contributed by atoms with Crippen LogP contribution in [0.1, 0.15) is 23.2 Å². The number of piperidine rings is 1. The van der Waals surface area contributed by atoms with E-state index in [9.17, 15) is 4.79 Å². The first-order valence-electron chi connectivity index (χ1n) is 9.58. The Morgan fingerprint density at radius 3 is 2.71 bits per heavy atom. The highest BCUT2D eigenvalue weighted by Gasteiger charge is 2.38. The molecule has 0 aliphatic carbocycles. The van der Waals surface area contributed by atoms with Gasteiger partial charge in [-0.3, -0.25) is 14.5 Å². The number of hydrogen-bond donors (Lipinski definition) is 0. The van der Waals surface area contributed by atoms with Gasteiger partial charge in [0.1, 0.15) is 6.10 Å². The minimum Gasteiger partial charge on any atom is -0.459 e. The Kier molecular flexibility index (Phi) is 4.33. The zero-order valence-electron chi connectivity index (χ0n) is 15.7. The van der Waals surface area contributed by atoms with E-state index < -0.39 is 0 Å². The maximum absolute atomic E-state index is 13.1. The minimum atomic E-state index is -0.285. The Hall–Kier alpha value is -2.77. The third kappa shape index (κ3) is 2.96. The van der Waals surface area contributed by atoms with Gasteiger partial charge in [-0.15, -0.1) is 0 Å². The van der Waals surface area contributed by atoms with E-state index in [0.29, 0.717) is 36.7 Å². The van der Waals surface area contributed by atoms with Crippen molar-refractivity contribution in [3.05, 3.63) is 54.6 Å². The van der Waals surface area contributed by atoms with Gasteiger partial charge in [-0.2, -0.15) is 0 Å². The highest BCUT2D eigenvalue weighted by atomic mass is 16.5. The van der Waals surface area contributed by atoms with Crippen molar-refractivity contribution < 1.29 is 14.3 Å². The van der Waals surface area contributed by atoms with Gasteiger partial charge in [0.05, 0.1) is 30.5 Å². The fraction of sp³-hybridized carbons (Fsp3) is 0.381. The SMILES string of the molecule is CN1[C@@H]2COC[C@H]1CC(OC(=O)c1cn(-c3cnccn3)c3ccccc13)C2. The van der Waals surface area contributed by atoms with Crippen LogP contribution in [0.15, 0.2) is 49.1 Å². The Labute approximate surface area is 162 Å². The average molecular weight is 378 g/mol. The number of morpholine rings is 1. The van der Waals surface area contributed by atoms with Crippen LogP contribution in [0.2, 0.25) is 0 Å². The lowest BCUT2D eigenvalue weighted by Gasteiger charge is -2.46. The predicted molar refractivity (Wildman–Crippen MR) is 103 cm³/mol. The number of esters is 1. The van der Waals surface area contributed by atoms with E-state index in [1.54, 1.807) is 24.8 Å². The smallest absolute Gasteiger partial charge is 0.340 e. The van der Waals surface area contributed by atoms with E-state index in [0.717, 1.165) is 23.7 Å². The van der Waals surface area contributed by atoms with Gasteiger partial charge in [0.25, 0.3) is 0 Å². The zero-order chi connectivity index (χ0) is 19.1. The lowest BCUT2D eigenvalue weighted by molar-refractivity contribution is -0.0970. The van der Waals surface area contributed by atoms with Crippen LogP contribution in [0, 0.1) is 0 Å². The fourth-order valence-electron chi connectivity index (χ4n) is 4.30. The van der Waals surface area contributed by atoms with Gasteiger partial charge >= 0.3 is 5.97 Å². The molecule has 1 aromatic carbocycles. The van der Waals surface area contributed by atoms with Crippen molar-refractivity contribution in [2.24, 2.45) is 0 Å². The summed E-state index contributed by atoms with van der Waals surface area (Å²) in [6.07, 6.45) is 8.28. The number of ether oxygens (including phenoxy) is 2.